The topological polar surface area (TPSA) is 240 Å². The Morgan fingerprint density at radius 2 is 1.03 bits per heavy atom. The van der Waals surface area contributed by atoms with Gasteiger partial charge in [0.25, 0.3) is 20.0 Å². The van der Waals surface area contributed by atoms with E-state index >= 15 is 0 Å². The Morgan fingerprint density at radius 1 is 0.625 bits per heavy atom. The van der Waals surface area contributed by atoms with Gasteiger partial charge in [0.15, 0.2) is 10.1 Å². The summed E-state index contributed by atoms with van der Waals surface area (Å²) in [5.41, 5.74) is 5.15. The minimum atomic E-state index is -4.31. The van der Waals surface area contributed by atoms with Crippen molar-refractivity contribution in [3.8, 4) is 34.4 Å². The number of aryl methyl sites for hydroxylation is 1. The normalized spacial score (nSPS) is 11.6. The van der Waals surface area contributed by atoms with Crippen molar-refractivity contribution in [3.63, 3.8) is 0 Å². The lowest BCUT2D eigenvalue weighted by Gasteiger charge is -2.19. The first kappa shape index (κ1) is 55.4. The second kappa shape index (κ2) is 23.2. The molecule has 0 radical (unpaired) electrons. The number of rotatable bonds is 15. The molecular weight excluding hydrogens is 967 g/mol. The number of carbonyl (C=O) groups is 2. The number of carbonyl (C=O) groups excluding carboxylic acids is 2. The number of anilines is 2. The van der Waals surface area contributed by atoms with E-state index in [1.807, 2.05) is 101 Å². The van der Waals surface area contributed by atoms with Crippen molar-refractivity contribution in [1.29, 1.82) is 10.5 Å². The smallest absolute Gasteiger partial charge is 0.306 e. The molecule has 0 spiro atoms. The fourth-order valence-electron chi connectivity index (χ4n) is 7.55. The Balaban J connectivity index is 0.000000268. The quantitative estimate of drug-likeness (QED) is 0.0756. The van der Waals surface area contributed by atoms with Crippen molar-refractivity contribution in [3.05, 3.63) is 130 Å². The highest BCUT2D eigenvalue weighted by molar-refractivity contribution is 7.90. The lowest BCUT2D eigenvalue weighted by molar-refractivity contribution is 0.255. The number of hydrogen-bond donors (Lipinski definition) is 4. The molecular formula is C50H58F2N12O6S2. The lowest BCUT2D eigenvalue weighted by Crippen LogP contribution is -2.35. The molecule has 0 atom stereocenters. The molecule has 4 N–H and O–H groups in total. The van der Waals surface area contributed by atoms with Crippen LogP contribution in [0.2, 0.25) is 0 Å². The summed E-state index contributed by atoms with van der Waals surface area (Å²) in [4.78, 5) is 29.6. The first-order chi connectivity index (χ1) is 33.7. The predicted octanol–water partition coefficient (Wildman–Crippen LogP) is 8.63. The van der Waals surface area contributed by atoms with Crippen LogP contribution in [-0.2, 0) is 40.2 Å². The van der Waals surface area contributed by atoms with Crippen molar-refractivity contribution in [2.75, 3.05) is 38.8 Å². The van der Waals surface area contributed by atoms with Crippen molar-refractivity contribution >= 4 is 43.5 Å². The van der Waals surface area contributed by atoms with E-state index in [1.165, 1.54) is 41.1 Å². The Morgan fingerprint density at radius 3 is 1.42 bits per heavy atom. The molecule has 0 aliphatic carbocycles. The molecule has 2 aromatic heterocycles. The molecule has 6 rings (SSSR count). The van der Waals surface area contributed by atoms with Crippen LogP contribution in [0.3, 0.4) is 0 Å². The highest BCUT2D eigenvalue weighted by atomic mass is 32.2. The van der Waals surface area contributed by atoms with Gasteiger partial charge in [0.1, 0.15) is 11.6 Å². The zero-order chi connectivity index (χ0) is 53.4. The van der Waals surface area contributed by atoms with Crippen LogP contribution in [0.25, 0.3) is 22.3 Å². The highest BCUT2D eigenvalue weighted by Crippen LogP contribution is 2.38. The molecule has 4 amide bonds. The van der Waals surface area contributed by atoms with Gasteiger partial charge in [0.2, 0.25) is 0 Å². The molecule has 0 unspecified atom stereocenters. The molecule has 0 aliphatic heterocycles. The molecule has 380 valence electrons. The number of amides is 4. The summed E-state index contributed by atoms with van der Waals surface area (Å²) < 4.78 is 87.9. The number of urea groups is 2. The number of nitrogens with zero attached hydrogens (tertiary/aromatic N) is 8. The molecule has 72 heavy (non-hydrogen) atoms. The van der Waals surface area contributed by atoms with E-state index < -0.39 is 43.7 Å². The Labute approximate surface area is 419 Å². The Kier molecular flexibility index (Phi) is 17.8. The van der Waals surface area contributed by atoms with Crippen molar-refractivity contribution in [2.24, 2.45) is 7.05 Å². The Hall–Kier alpha value is -7.50. The number of aromatic nitrogens is 4. The van der Waals surface area contributed by atoms with Crippen LogP contribution in [0, 0.1) is 34.3 Å². The molecule has 0 saturated carbocycles. The van der Waals surface area contributed by atoms with Gasteiger partial charge in [-0.25, -0.2) is 27.8 Å². The molecule has 6 aromatic rings. The van der Waals surface area contributed by atoms with Crippen LogP contribution >= 0.6 is 0 Å². The van der Waals surface area contributed by atoms with Crippen LogP contribution in [0.1, 0.15) is 93.1 Å². The summed E-state index contributed by atoms with van der Waals surface area (Å²) in [5, 5.41) is 31.4. The van der Waals surface area contributed by atoms with Crippen LogP contribution in [0.4, 0.5) is 29.7 Å². The molecule has 4 aromatic carbocycles. The third-order valence-electron chi connectivity index (χ3n) is 10.8. The predicted molar refractivity (Wildman–Crippen MR) is 271 cm³/mol. The van der Waals surface area contributed by atoms with Crippen LogP contribution in [0.5, 0.6) is 0 Å². The van der Waals surface area contributed by atoms with Gasteiger partial charge in [0, 0.05) is 49.4 Å². The first-order valence-electron chi connectivity index (χ1n) is 22.5. The van der Waals surface area contributed by atoms with Gasteiger partial charge >= 0.3 is 12.1 Å². The maximum absolute atomic E-state index is 14.6. The fourth-order valence-corrected chi connectivity index (χ4v) is 9.36. The fraction of sp³-hybridized carbons (Fsp3) is 0.320. The van der Waals surface area contributed by atoms with E-state index in [1.54, 1.807) is 60.3 Å². The van der Waals surface area contributed by atoms with Crippen molar-refractivity contribution < 1.29 is 35.2 Å². The van der Waals surface area contributed by atoms with Crippen LogP contribution in [-0.4, -0.2) is 86.4 Å². The minimum Gasteiger partial charge on any atom is -0.306 e. The number of nitrogens with one attached hydrogen (secondary N) is 4. The van der Waals surface area contributed by atoms with Crippen LogP contribution in [0.15, 0.2) is 95.0 Å². The third kappa shape index (κ3) is 13.9. The van der Waals surface area contributed by atoms with Gasteiger partial charge in [-0.2, -0.15) is 37.6 Å². The largest absolute Gasteiger partial charge is 0.333 e. The molecule has 0 fully saturated rings. The van der Waals surface area contributed by atoms with E-state index in [-0.39, 0.29) is 39.3 Å². The third-order valence-corrected chi connectivity index (χ3v) is 13.2. The highest BCUT2D eigenvalue weighted by Gasteiger charge is 2.27. The SMILES string of the molecule is CC(C)c1cc(F)cc(-c2cccc(C#N)c2)c1NC(=O)NS(=O)(=O)c1cc(CN(C)C)n(C(C)C)n1.CC(C)c1cc(F)cc(-c2cccc(C#N)c2)c1NC(=O)NS(=O)(=O)c1cc(CN(C)C)n(C)n1. The molecule has 18 nitrogen and oxygen atoms in total. The minimum absolute atomic E-state index is 0.0905. The molecule has 0 aliphatic rings. The lowest BCUT2D eigenvalue weighted by atomic mass is 9.93. The standard InChI is InChI=1S/C26H31FN6O3S.C24H27FN6O3S/c1-16(2)22-11-20(27)12-23(19-9-7-8-18(10-19)14-28)25(22)29-26(34)31-37(35,36)24-13-21(15-32(5)6)33(30-24)17(3)4;1-15(2)20-10-18(25)11-21(17-8-6-7-16(9-17)13-26)23(20)27-24(32)29-35(33,34)22-12-19(14-30(3)4)31(5)28-22/h7-13,16-17H,15H2,1-6H3,(H2,29,31,34);6-12,15H,14H2,1-5H3,(H2,27,29,32). The number of halogens is 2. The van der Waals surface area contributed by atoms with E-state index in [2.05, 4.69) is 20.8 Å². The summed E-state index contributed by atoms with van der Waals surface area (Å²) in [6.45, 7) is 12.0. The average Bonchev–Trinajstić information content (AvgIpc) is 3.90. The average molecular weight is 1030 g/mol. The van der Waals surface area contributed by atoms with E-state index in [0.29, 0.717) is 69.0 Å². The summed E-state index contributed by atoms with van der Waals surface area (Å²) in [5.74, 6) is -1.44. The van der Waals surface area contributed by atoms with Gasteiger partial charge in [-0.3, -0.25) is 9.36 Å². The van der Waals surface area contributed by atoms with Crippen molar-refractivity contribution in [2.45, 2.75) is 82.6 Å². The maximum atomic E-state index is 14.6. The van der Waals surface area contributed by atoms with E-state index in [0.717, 1.165) is 0 Å². The van der Waals surface area contributed by atoms with Gasteiger partial charge < -0.3 is 20.4 Å². The molecule has 0 saturated heterocycles. The first-order valence-corrected chi connectivity index (χ1v) is 25.5. The molecule has 2 heterocycles. The number of hydrogen-bond acceptors (Lipinski definition) is 12. The van der Waals surface area contributed by atoms with E-state index in [4.69, 9.17) is 0 Å². The summed E-state index contributed by atoms with van der Waals surface area (Å²) >= 11 is 0. The Bertz CT molecular complexity index is 3300. The maximum Gasteiger partial charge on any atom is 0.333 e. The van der Waals surface area contributed by atoms with Crippen molar-refractivity contribution in [1.82, 2.24) is 38.8 Å². The zero-order valence-electron chi connectivity index (χ0n) is 41.8. The summed E-state index contributed by atoms with van der Waals surface area (Å²) in [7, 11) is 0.426. The number of sulfonamides is 2. The van der Waals surface area contributed by atoms with Gasteiger partial charge in [-0.1, -0.05) is 52.0 Å². The number of benzene rings is 4. The second-order valence-electron chi connectivity index (χ2n) is 18.2. The van der Waals surface area contributed by atoms with Crippen LogP contribution < -0.4 is 20.1 Å². The molecule has 0 bridgehead atoms. The second-order valence-corrected chi connectivity index (χ2v) is 21.5. The zero-order valence-corrected chi connectivity index (χ0v) is 43.5. The van der Waals surface area contributed by atoms with E-state index in [9.17, 15) is 45.7 Å². The summed E-state index contributed by atoms with van der Waals surface area (Å²) in [6, 6.07) is 22.9. The van der Waals surface area contributed by atoms with Gasteiger partial charge in [0.05, 0.1) is 46.0 Å². The molecule has 22 heteroatoms. The number of nitriles is 2. The monoisotopic (exact) mass is 1020 g/mol. The van der Waals surface area contributed by atoms with Gasteiger partial charge in [-0.05, 0) is 125 Å². The van der Waals surface area contributed by atoms with Gasteiger partial charge in [-0.15, -0.1) is 0 Å². The summed E-state index contributed by atoms with van der Waals surface area (Å²) in [6.07, 6.45) is 0.